The molecular formula is C90H97Cl4N13O3. The summed E-state index contributed by atoms with van der Waals surface area (Å²) < 4.78 is 9.39. The van der Waals surface area contributed by atoms with Crippen LogP contribution < -0.4 is 5.32 Å². The molecule has 3 aliphatic rings. The van der Waals surface area contributed by atoms with Crippen LogP contribution in [0, 0.1) is 112 Å². The maximum absolute atomic E-state index is 9.95. The number of nitrogens with zero attached hydrogens (tertiary/aromatic N) is 12. The second-order valence-electron chi connectivity index (χ2n) is 29.9. The van der Waals surface area contributed by atoms with Gasteiger partial charge in [-0.25, -0.2) is 9.69 Å². The monoisotopic (exact) mass is 1550 g/mol. The van der Waals surface area contributed by atoms with Crippen LogP contribution in [0.1, 0.15) is 182 Å². The van der Waals surface area contributed by atoms with Gasteiger partial charge in [-0.2, -0.15) is 10.5 Å². The van der Waals surface area contributed by atoms with Crippen LogP contribution in [0.5, 0.6) is 0 Å². The third-order valence-electron chi connectivity index (χ3n) is 22.9. The van der Waals surface area contributed by atoms with Crippen LogP contribution in [0.25, 0.3) is 97.8 Å². The number of halogens is 4. The molecule has 0 radical (unpaired) electrons. The van der Waals surface area contributed by atoms with Crippen LogP contribution in [0.15, 0.2) is 104 Å². The largest absolute Gasteiger partial charge is 0.396 e. The van der Waals surface area contributed by atoms with E-state index in [0.29, 0.717) is 74.7 Å². The molecule has 16 nitrogen and oxygen atoms in total. The topological polar surface area (TPSA) is 200 Å². The molecule has 15 rings (SSSR count). The number of aryl methyl sites for hydroxylation is 9. The van der Waals surface area contributed by atoms with Crippen LogP contribution in [-0.4, -0.2) is 85.4 Å². The second-order valence-corrected chi connectivity index (χ2v) is 31.4. The highest BCUT2D eigenvalue weighted by Gasteiger charge is 2.31. The zero-order chi connectivity index (χ0) is 78.0. The summed E-state index contributed by atoms with van der Waals surface area (Å²) in [6.07, 6.45) is 28.6. The lowest BCUT2D eigenvalue weighted by Crippen LogP contribution is -2.30. The highest BCUT2D eigenvalue weighted by molar-refractivity contribution is 6.36. The summed E-state index contributed by atoms with van der Waals surface area (Å²) in [4.78, 5) is 24.8. The Labute approximate surface area is 666 Å². The van der Waals surface area contributed by atoms with Gasteiger partial charge in [-0.15, -0.1) is 0 Å². The maximum atomic E-state index is 9.95. The molecule has 3 fully saturated rings. The Balaban J connectivity index is 0.000000145. The van der Waals surface area contributed by atoms with Crippen molar-refractivity contribution in [2.75, 3.05) is 13.7 Å². The summed E-state index contributed by atoms with van der Waals surface area (Å²) in [6.45, 7) is 37.9. The second kappa shape index (κ2) is 34.9. The maximum Gasteiger partial charge on any atom is 0.190 e. The Kier molecular flexibility index (Phi) is 25.9. The van der Waals surface area contributed by atoms with Crippen LogP contribution >= 0.6 is 46.4 Å². The number of aliphatic hydroxyl groups is 3. The molecule has 0 bridgehead atoms. The molecule has 0 unspecified atom stereocenters. The van der Waals surface area contributed by atoms with Crippen molar-refractivity contribution in [3.8, 4) is 56.6 Å². The molecule has 12 aromatic rings. The van der Waals surface area contributed by atoms with Crippen LogP contribution in [0.3, 0.4) is 0 Å². The molecule has 0 amide bonds. The van der Waals surface area contributed by atoms with Gasteiger partial charge in [0.1, 0.15) is 0 Å². The molecule has 4 aromatic carbocycles. The number of hydrogen-bond acceptors (Lipinski definition) is 10. The summed E-state index contributed by atoms with van der Waals surface area (Å²) in [5, 5.41) is 58.7. The van der Waals surface area contributed by atoms with Crippen molar-refractivity contribution in [1.29, 1.82) is 10.5 Å². The molecule has 0 atom stereocenters. The van der Waals surface area contributed by atoms with Crippen molar-refractivity contribution in [2.24, 2.45) is 0 Å². The first-order valence-corrected chi connectivity index (χ1v) is 39.1. The van der Waals surface area contributed by atoms with E-state index in [9.17, 15) is 25.8 Å². The molecule has 8 aromatic heterocycles. The Morgan fingerprint density at radius 1 is 0.445 bits per heavy atom. The zero-order valence-corrected chi connectivity index (χ0v) is 67.1. The highest BCUT2D eigenvalue weighted by atomic mass is 35.5. The van der Waals surface area contributed by atoms with E-state index < -0.39 is 0 Å². The van der Waals surface area contributed by atoms with Gasteiger partial charge in [0.2, 0.25) is 0 Å². The Morgan fingerprint density at radius 3 is 1.21 bits per heavy atom. The molecule has 20 heteroatoms. The van der Waals surface area contributed by atoms with Crippen molar-refractivity contribution in [3.63, 3.8) is 0 Å². The molecule has 0 spiro atoms. The first-order valence-electron chi connectivity index (χ1n) is 37.6. The molecule has 3 aliphatic carbocycles. The number of aliphatic hydroxyl groups excluding tert-OH is 3. The summed E-state index contributed by atoms with van der Waals surface area (Å²) >= 11 is 26.6. The van der Waals surface area contributed by atoms with Crippen LogP contribution in [0.4, 0.5) is 11.4 Å². The fraction of sp³-hybridized carbons (Fsp3) is 0.378. The van der Waals surface area contributed by atoms with Crippen LogP contribution in [-0.2, 0) is 6.54 Å². The molecule has 8 heterocycles. The van der Waals surface area contributed by atoms with Gasteiger partial charge < -0.3 is 38.9 Å². The van der Waals surface area contributed by atoms with Gasteiger partial charge in [0, 0.05) is 188 Å². The number of aromatic nitrogens is 8. The summed E-state index contributed by atoms with van der Waals surface area (Å²) in [5.74, 6) is 0. The van der Waals surface area contributed by atoms with Gasteiger partial charge in [-0.3, -0.25) is 19.9 Å². The lowest BCUT2D eigenvalue weighted by Gasteiger charge is -2.30. The third-order valence-corrected chi connectivity index (χ3v) is 24.9. The van der Waals surface area contributed by atoms with Crippen LogP contribution in [0.2, 0.25) is 20.1 Å². The van der Waals surface area contributed by atoms with Gasteiger partial charge in [0.25, 0.3) is 0 Å². The molecule has 0 aliphatic heterocycles. The number of benzene rings is 4. The minimum Gasteiger partial charge on any atom is -0.396 e. The SMILES string of the molecule is C.Cc1cc2c(cc1C#N)c(-c1cncc(C)c1Cl)c(C)n2C1CCC(O)CC1.Cc1cc2c(cc1C#N)c(-c1cncc(C)c1Cl)c(C)n2C1CCC(O)CC1.[C-]#[N+]c1cc2c(-c3cncc(C)c3Cl)c(C)n(CCCO)c2cc1C.[C-]#[N+]c1cc2c(-c3cncc(C)c3Cl)cn(C3CCC(NC)CC3)c2cc1C. The number of pyridine rings is 4. The van der Waals surface area contributed by atoms with Gasteiger partial charge in [-0.05, 0) is 270 Å². The molecule has 4 N–H and O–H groups in total. The van der Waals surface area contributed by atoms with E-state index in [1.165, 1.54) is 18.4 Å². The zero-order valence-electron chi connectivity index (χ0n) is 64.1. The standard InChI is InChI=1S/C23H25ClN4.2C23H24ClN3O.C20H20ClN3O.CH4/c1-14-9-22-18(10-21(14)26-4)20(19-12-27-11-15(2)23(19)24)13-28(22)17-7-5-16(25-3)6-8-17;2*1-13-8-21-19(9-16(13)10-25)22(20-12-26-11-14(2)23(20)24)15(3)27(21)17-4-6-18(28)7-5-17;1-12-8-18-15(9-17(12)22-4)19(14(3)24(18)6-5-7-25)16-11-23-10-13(2)20(16)21;/h9-13,16-17,25H,5-8H2,1-3H3;2*8-9,11-12,17-18,28H,4-7H2,1-3H3;8-11,25H,5-7H2,1-3H3;1H4. The van der Waals surface area contributed by atoms with Crippen molar-refractivity contribution in [1.82, 2.24) is 43.5 Å². The van der Waals surface area contributed by atoms with E-state index in [2.05, 4.69) is 118 Å². The van der Waals surface area contributed by atoms with Gasteiger partial charge in [0.05, 0.1) is 68.7 Å². The van der Waals surface area contributed by atoms with E-state index in [-0.39, 0.29) is 26.2 Å². The van der Waals surface area contributed by atoms with Gasteiger partial charge in [0.15, 0.2) is 11.4 Å². The quantitative estimate of drug-likeness (QED) is 0.0903. The molecule has 0 saturated heterocycles. The first kappa shape index (κ1) is 81.6. The predicted octanol–water partition coefficient (Wildman–Crippen LogP) is 23.3. The number of nitrogens with one attached hydrogen (secondary N) is 1. The minimum absolute atomic E-state index is 0. The van der Waals surface area contributed by atoms with E-state index in [4.69, 9.17) is 59.5 Å². The van der Waals surface area contributed by atoms with E-state index in [1.807, 2.05) is 104 Å². The Hall–Kier alpha value is -9.40. The lowest BCUT2D eigenvalue weighted by molar-refractivity contribution is 0.111. The molecule has 110 heavy (non-hydrogen) atoms. The number of fused-ring (bicyclic) bond motifs is 4. The van der Waals surface area contributed by atoms with Gasteiger partial charge >= 0.3 is 0 Å². The summed E-state index contributed by atoms with van der Waals surface area (Å²) in [7, 11) is 2.05. The van der Waals surface area contributed by atoms with Gasteiger partial charge in [-0.1, -0.05) is 53.8 Å². The Morgan fingerprint density at radius 2 is 0.809 bits per heavy atom. The average molecular weight is 1550 g/mol. The van der Waals surface area contributed by atoms with Crippen molar-refractivity contribution < 1.29 is 15.3 Å². The van der Waals surface area contributed by atoms with Crippen molar-refractivity contribution in [2.45, 2.75) is 210 Å². The molecular weight excluding hydrogens is 1450 g/mol. The first-order chi connectivity index (χ1) is 52.4. The number of hydrogen-bond donors (Lipinski definition) is 4. The number of nitriles is 2. The highest BCUT2D eigenvalue weighted by Crippen LogP contribution is 2.48. The Bertz CT molecular complexity index is 5480. The smallest absolute Gasteiger partial charge is 0.190 e. The number of rotatable bonds is 11. The third kappa shape index (κ3) is 16.0. The fourth-order valence-corrected chi connectivity index (χ4v) is 17.6. The normalized spacial score (nSPS) is 17.6. The summed E-state index contributed by atoms with van der Waals surface area (Å²) in [6, 6.07) is 22.8. The molecule has 568 valence electrons. The average Bonchev–Trinajstić information content (AvgIpc) is 1.59. The van der Waals surface area contributed by atoms with Crippen molar-refractivity contribution >= 4 is 101 Å². The van der Waals surface area contributed by atoms with E-state index >= 15 is 0 Å². The summed E-state index contributed by atoms with van der Waals surface area (Å²) in [5.41, 5.74) is 26.1. The van der Waals surface area contributed by atoms with Crippen molar-refractivity contribution in [3.05, 3.63) is 220 Å². The fourth-order valence-electron chi connectivity index (χ4n) is 16.8. The predicted molar refractivity (Wildman–Crippen MR) is 451 cm³/mol. The minimum atomic E-state index is -0.194. The lowest BCUT2D eigenvalue weighted by atomic mass is 9.91. The van der Waals surface area contributed by atoms with E-state index in [1.54, 1.807) is 31.0 Å². The molecule has 3 saturated carbocycles. The van der Waals surface area contributed by atoms with E-state index in [0.717, 1.165) is 213 Å².